The lowest BCUT2D eigenvalue weighted by Crippen LogP contribution is -2.47. The fourth-order valence-corrected chi connectivity index (χ4v) is 3.74. The molecule has 176 valence electrons. The standard InChI is InChI=1S/C26H32N2O5/c1-17-10-6-8-12-22(20-15-14-19(31-4)16-24(20)32-5)27-25(29)18(2)28(3)26(30)21-11-7-9-13-23(21)33-17/h6-9,11,13-18,22H,10,12H2,1-5H3,(H,27,29)/b8-6-/t17-,18+,22-/m1/s1. The normalized spacial score (nSPS) is 22.9. The molecular weight excluding hydrogens is 420 g/mol. The molecule has 0 saturated heterocycles. The van der Waals surface area contributed by atoms with Gasteiger partial charge in [-0.3, -0.25) is 9.59 Å². The average Bonchev–Trinajstić information content (AvgIpc) is 2.83. The van der Waals surface area contributed by atoms with Crippen LogP contribution in [0.4, 0.5) is 0 Å². The van der Waals surface area contributed by atoms with Crippen molar-refractivity contribution in [3.63, 3.8) is 0 Å². The van der Waals surface area contributed by atoms with Gasteiger partial charge in [-0.15, -0.1) is 0 Å². The van der Waals surface area contributed by atoms with Crippen LogP contribution in [0.3, 0.4) is 0 Å². The highest BCUT2D eigenvalue weighted by atomic mass is 16.5. The number of para-hydroxylation sites is 1. The molecule has 3 rings (SSSR count). The van der Waals surface area contributed by atoms with Crippen molar-refractivity contribution in [1.82, 2.24) is 10.2 Å². The second-order valence-electron chi connectivity index (χ2n) is 8.13. The Balaban J connectivity index is 1.96. The van der Waals surface area contributed by atoms with Gasteiger partial charge in [0.1, 0.15) is 23.3 Å². The minimum Gasteiger partial charge on any atom is -0.497 e. The van der Waals surface area contributed by atoms with Crippen molar-refractivity contribution in [3.05, 3.63) is 65.7 Å². The first-order valence-corrected chi connectivity index (χ1v) is 11.1. The van der Waals surface area contributed by atoms with Crippen LogP contribution in [-0.2, 0) is 4.79 Å². The van der Waals surface area contributed by atoms with Gasteiger partial charge in [-0.1, -0.05) is 24.3 Å². The summed E-state index contributed by atoms with van der Waals surface area (Å²) in [5.41, 5.74) is 1.26. The summed E-state index contributed by atoms with van der Waals surface area (Å²) >= 11 is 0. The summed E-state index contributed by atoms with van der Waals surface area (Å²) in [4.78, 5) is 27.8. The van der Waals surface area contributed by atoms with E-state index in [9.17, 15) is 9.59 Å². The predicted octanol–water partition coefficient (Wildman–Crippen LogP) is 4.14. The first-order chi connectivity index (χ1) is 15.8. The minimum absolute atomic E-state index is 0.121. The summed E-state index contributed by atoms with van der Waals surface area (Å²) in [6.45, 7) is 3.68. The van der Waals surface area contributed by atoms with Gasteiger partial charge in [0.15, 0.2) is 0 Å². The van der Waals surface area contributed by atoms with E-state index < -0.39 is 6.04 Å². The van der Waals surface area contributed by atoms with E-state index in [1.54, 1.807) is 52.5 Å². The summed E-state index contributed by atoms with van der Waals surface area (Å²) in [5.74, 6) is 1.27. The van der Waals surface area contributed by atoms with Gasteiger partial charge in [0.2, 0.25) is 5.91 Å². The fourth-order valence-electron chi connectivity index (χ4n) is 3.74. The summed E-state index contributed by atoms with van der Waals surface area (Å²) in [6.07, 6.45) is 5.17. The molecule has 0 aliphatic carbocycles. The lowest BCUT2D eigenvalue weighted by molar-refractivity contribution is -0.125. The Labute approximate surface area is 195 Å². The van der Waals surface area contributed by atoms with Gasteiger partial charge < -0.3 is 24.4 Å². The largest absolute Gasteiger partial charge is 0.497 e. The maximum absolute atomic E-state index is 13.2. The zero-order chi connectivity index (χ0) is 24.0. The molecule has 1 aliphatic rings. The van der Waals surface area contributed by atoms with Crippen molar-refractivity contribution in [2.45, 2.75) is 44.9 Å². The highest BCUT2D eigenvalue weighted by molar-refractivity contribution is 5.99. The number of hydrogen-bond donors (Lipinski definition) is 1. The second kappa shape index (κ2) is 10.9. The molecule has 0 radical (unpaired) electrons. The lowest BCUT2D eigenvalue weighted by Gasteiger charge is -2.28. The third-order valence-electron chi connectivity index (χ3n) is 5.87. The van der Waals surface area contributed by atoms with E-state index >= 15 is 0 Å². The van der Waals surface area contributed by atoms with Gasteiger partial charge in [0.05, 0.1) is 31.9 Å². The Morgan fingerprint density at radius 3 is 2.45 bits per heavy atom. The summed E-state index contributed by atoms with van der Waals surface area (Å²) < 4.78 is 16.9. The van der Waals surface area contributed by atoms with E-state index in [1.807, 2.05) is 37.3 Å². The van der Waals surface area contributed by atoms with E-state index in [2.05, 4.69) is 5.32 Å². The van der Waals surface area contributed by atoms with Crippen molar-refractivity contribution < 1.29 is 23.8 Å². The van der Waals surface area contributed by atoms with E-state index in [0.717, 1.165) is 5.56 Å². The second-order valence-corrected chi connectivity index (χ2v) is 8.13. The number of benzene rings is 2. The Hall–Kier alpha value is -3.48. The number of carbonyl (C=O) groups is 2. The molecule has 1 heterocycles. The number of likely N-dealkylation sites (N-methyl/N-ethyl adjacent to an activating group) is 1. The number of ether oxygens (including phenoxy) is 3. The molecule has 0 unspecified atom stereocenters. The van der Waals surface area contributed by atoms with Crippen molar-refractivity contribution in [2.75, 3.05) is 21.3 Å². The van der Waals surface area contributed by atoms with Gasteiger partial charge >= 0.3 is 0 Å². The number of hydrogen-bond acceptors (Lipinski definition) is 5. The van der Waals surface area contributed by atoms with Crippen LogP contribution in [0, 0.1) is 0 Å². The molecule has 2 aromatic rings. The fraction of sp³-hybridized carbons (Fsp3) is 0.385. The van der Waals surface area contributed by atoms with Crippen LogP contribution >= 0.6 is 0 Å². The molecule has 1 aliphatic heterocycles. The molecule has 0 aromatic heterocycles. The van der Waals surface area contributed by atoms with Crippen molar-refractivity contribution in [3.8, 4) is 17.2 Å². The number of nitrogens with zero attached hydrogens (tertiary/aromatic N) is 1. The summed E-state index contributed by atoms with van der Waals surface area (Å²) in [6, 6.07) is 11.6. The van der Waals surface area contributed by atoms with E-state index in [-0.39, 0.29) is 24.0 Å². The van der Waals surface area contributed by atoms with E-state index in [4.69, 9.17) is 14.2 Å². The zero-order valence-electron chi connectivity index (χ0n) is 19.8. The Morgan fingerprint density at radius 2 is 1.73 bits per heavy atom. The van der Waals surface area contributed by atoms with Crippen LogP contribution in [0.2, 0.25) is 0 Å². The summed E-state index contributed by atoms with van der Waals surface area (Å²) in [7, 11) is 4.81. The maximum Gasteiger partial charge on any atom is 0.258 e. The van der Waals surface area contributed by atoms with Crippen LogP contribution in [0.5, 0.6) is 17.2 Å². The molecule has 0 bridgehead atoms. The smallest absolute Gasteiger partial charge is 0.258 e. The number of methoxy groups -OCH3 is 2. The van der Waals surface area contributed by atoms with Gasteiger partial charge in [0.25, 0.3) is 5.91 Å². The molecule has 33 heavy (non-hydrogen) atoms. The van der Waals surface area contributed by atoms with Gasteiger partial charge in [0, 0.05) is 25.1 Å². The van der Waals surface area contributed by atoms with Gasteiger partial charge in [-0.05, 0) is 44.5 Å². The van der Waals surface area contributed by atoms with Crippen LogP contribution in [-0.4, -0.2) is 50.1 Å². The topological polar surface area (TPSA) is 77.1 Å². The molecule has 1 N–H and O–H groups in total. The summed E-state index contributed by atoms with van der Waals surface area (Å²) in [5, 5.41) is 3.10. The molecule has 2 amide bonds. The highest BCUT2D eigenvalue weighted by Gasteiger charge is 2.28. The molecule has 7 nitrogen and oxygen atoms in total. The first-order valence-electron chi connectivity index (χ1n) is 11.1. The lowest BCUT2D eigenvalue weighted by atomic mass is 10.0. The quantitative estimate of drug-likeness (QED) is 0.709. The third kappa shape index (κ3) is 5.66. The average molecular weight is 453 g/mol. The maximum atomic E-state index is 13.2. The van der Waals surface area contributed by atoms with Gasteiger partial charge in [-0.2, -0.15) is 0 Å². The van der Waals surface area contributed by atoms with Crippen molar-refractivity contribution in [1.29, 1.82) is 0 Å². The number of fused-ring (bicyclic) bond motifs is 1. The highest BCUT2D eigenvalue weighted by Crippen LogP contribution is 2.32. The number of rotatable bonds is 3. The Morgan fingerprint density at radius 1 is 1.00 bits per heavy atom. The van der Waals surface area contributed by atoms with Crippen LogP contribution < -0.4 is 19.5 Å². The number of carbonyl (C=O) groups excluding carboxylic acids is 2. The molecule has 3 atom stereocenters. The molecule has 2 aromatic carbocycles. The SMILES string of the molecule is COc1ccc([C@H]2C/C=C\C[C@@H](C)Oc3ccccc3C(=O)N(C)[C@@H](C)C(=O)N2)c(OC)c1. The van der Waals surface area contributed by atoms with Crippen LogP contribution in [0.1, 0.15) is 48.7 Å². The number of nitrogens with one attached hydrogen (secondary N) is 1. The zero-order valence-corrected chi connectivity index (χ0v) is 19.8. The van der Waals surface area contributed by atoms with Gasteiger partial charge in [-0.25, -0.2) is 0 Å². The third-order valence-corrected chi connectivity index (χ3v) is 5.87. The molecule has 0 spiro atoms. The molecular formula is C26H32N2O5. The minimum atomic E-state index is -0.693. The van der Waals surface area contributed by atoms with E-state index in [0.29, 0.717) is 35.7 Å². The molecule has 0 fully saturated rings. The van der Waals surface area contributed by atoms with Crippen molar-refractivity contribution in [2.24, 2.45) is 0 Å². The first kappa shape index (κ1) is 24.2. The Bertz CT molecular complexity index is 1020. The van der Waals surface area contributed by atoms with Crippen LogP contribution in [0.15, 0.2) is 54.6 Å². The van der Waals surface area contributed by atoms with Crippen LogP contribution in [0.25, 0.3) is 0 Å². The predicted molar refractivity (Wildman–Crippen MR) is 127 cm³/mol. The van der Waals surface area contributed by atoms with E-state index in [1.165, 1.54) is 4.90 Å². The molecule has 0 saturated carbocycles. The number of amides is 2. The molecule has 7 heteroatoms. The monoisotopic (exact) mass is 452 g/mol. The van der Waals surface area contributed by atoms with Crippen molar-refractivity contribution >= 4 is 11.8 Å². The Kier molecular flexibility index (Phi) is 7.98.